The van der Waals surface area contributed by atoms with Gasteiger partial charge in [-0.2, -0.15) is 0 Å². The molecule has 2 aliphatic rings. The topological polar surface area (TPSA) is 0 Å². The van der Waals surface area contributed by atoms with Gasteiger partial charge < -0.3 is 0 Å². The van der Waals surface area contributed by atoms with Crippen LogP contribution in [0.5, 0.6) is 0 Å². The minimum atomic E-state index is -0.0443. The molecule has 19 heavy (non-hydrogen) atoms. The summed E-state index contributed by atoms with van der Waals surface area (Å²) in [6.07, 6.45) is 11.9. The van der Waals surface area contributed by atoms with Gasteiger partial charge in [0.25, 0.3) is 0 Å². The predicted octanol–water partition coefficient (Wildman–Crippen LogP) is 5.65. The van der Waals surface area contributed by atoms with E-state index in [0.29, 0.717) is 11.8 Å². The van der Waals surface area contributed by atoms with E-state index in [1.807, 2.05) is 0 Å². The van der Waals surface area contributed by atoms with E-state index in [1.165, 1.54) is 12.8 Å². The maximum Gasteiger partial charge on any atom is -0.147 e. The van der Waals surface area contributed by atoms with E-state index in [1.54, 1.807) is 18.9 Å². The van der Waals surface area contributed by atoms with Crippen molar-refractivity contribution >= 4 is 24.8 Å². The summed E-state index contributed by atoms with van der Waals surface area (Å²) in [5, 5.41) is 0. The minimum Gasteiger partial charge on any atom is -0.147 e. The average molecular weight is 335 g/mol. The number of allylic oxidation sites excluding steroid dienone is 8. The van der Waals surface area contributed by atoms with Gasteiger partial charge >= 0.3 is 115 Å². The van der Waals surface area contributed by atoms with Crippen molar-refractivity contribution in [1.29, 1.82) is 0 Å². The molecule has 0 radical (unpaired) electrons. The molecule has 0 spiro atoms. The van der Waals surface area contributed by atoms with Crippen LogP contribution in [-0.2, 0) is 19.2 Å². The van der Waals surface area contributed by atoms with E-state index in [2.05, 4.69) is 52.0 Å². The monoisotopic (exact) mass is 334 g/mol. The molecule has 0 unspecified atom stereocenters. The molecule has 2 rings (SSSR count). The van der Waals surface area contributed by atoms with Crippen LogP contribution in [0.2, 0.25) is 0 Å². The normalized spacial score (nSPS) is 17.4. The van der Waals surface area contributed by atoms with E-state index in [-0.39, 0.29) is 44.0 Å². The van der Waals surface area contributed by atoms with Crippen LogP contribution in [0.15, 0.2) is 43.2 Å². The first-order chi connectivity index (χ1) is 8.09. The molecule has 0 fully saturated rings. The second-order valence-corrected chi connectivity index (χ2v) is 7.79. The molecule has 0 heterocycles. The Kier molecular flexibility index (Phi) is 8.64. The second-order valence-electron chi connectivity index (χ2n) is 5.52. The first-order valence-corrected chi connectivity index (χ1v) is 8.22. The Balaban J connectivity index is 0.00000162. The molecule has 0 bridgehead atoms. The third-order valence-corrected chi connectivity index (χ3v) is 5.96. The quantitative estimate of drug-likeness (QED) is 0.582. The Morgan fingerprint density at radius 2 is 1.16 bits per heavy atom. The van der Waals surface area contributed by atoms with Gasteiger partial charge in [0.1, 0.15) is 0 Å². The summed E-state index contributed by atoms with van der Waals surface area (Å²) in [7, 11) is 0. The van der Waals surface area contributed by atoms with E-state index >= 15 is 0 Å². The fraction of sp³-hybridized carbons (Fsp3) is 0.500. The molecule has 0 saturated heterocycles. The Labute approximate surface area is 139 Å². The first-order valence-electron chi connectivity index (χ1n) is 6.65. The van der Waals surface area contributed by atoms with Crippen molar-refractivity contribution in [2.45, 2.75) is 40.5 Å². The van der Waals surface area contributed by atoms with Crippen LogP contribution in [0.25, 0.3) is 0 Å². The third-order valence-electron chi connectivity index (χ3n) is 3.48. The molecular formula is C16H24Cl2Ti. The summed E-state index contributed by atoms with van der Waals surface area (Å²) >= 11 is -0.0443. The zero-order valence-corrected chi connectivity index (χ0v) is 15.4. The van der Waals surface area contributed by atoms with Crippen molar-refractivity contribution in [3.63, 3.8) is 0 Å². The van der Waals surface area contributed by atoms with E-state index < -0.39 is 0 Å². The predicted molar refractivity (Wildman–Crippen MR) is 85.7 cm³/mol. The molecule has 3 heteroatoms. The van der Waals surface area contributed by atoms with Gasteiger partial charge in [0.15, 0.2) is 0 Å². The zero-order chi connectivity index (χ0) is 12.4. The van der Waals surface area contributed by atoms with Gasteiger partial charge in [-0.1, -0.05) is 0 Å². The largest absolute Gasteiger partial charge is 0.147 e. The van der Waals surface area contributed by atoms with Gasteiger partial charge in [-0.05, 0) is 0 Å². The molecule has 0 aromatic rings. The van der Waals surface area contributed by atoms with Gasteiger partial charge in [0.05, 0.1) is 0 Å². The summed E-state index contributed by atoms with van der Waals surface area (Å²) < 4.78 is 3.55. The molecule has 0 aliphatic heterocycles. The van der Waals surface area contributed by atoms with E-state index in [9.17, 15) is 0 Å². The van der Waals surface area contributed by atoms with Crippen molar-refractivity contribution in [3.8, 4) is 0 Å². The number of halogens is 2. The fourth-order valence-electron chi connectivity index (χ4n) is 2.55. The summed E-state index contributed by atoms with van der Waals surface area (Å²) in [6.45, 7) is 9.28. The van der Waals surface area contributed by atoms with Crippen LogP contribution < -0.4 is 0 Å². The first kappa shape index (κ1) is 19.3. The van der Waals surface area contributed by atoms with Crippen LogP contribution in [0.3, 0.4) is 0 Å². The van der Waals surface area contributed by atoms with Crippen LogP contribution in [-0.4, -0.2) is 0 Å². The molecule has 0 nitrogen and oxygen atoms in total. The summed E-state index contributed by atoms with van der Waals surface area (Å²) in [5.74, 6) is 1.40. The molecule has 0 saturated carbocycles. The van der Waals surface area contributed by atoms with Gasteiger partial charge in [0.2, 0.25) is 0 Å². The van der Waals surface area contributed by atoms with Crippen molar-refractivity contribution in [1.82, 2.24) is 0 Å². The van der Waals surface area contributed by atoms with Gasteiger partial charge in [-0.15, -0.1) is 24.8 Å². The summed E-state index contributed by atoms with van der Waals surface area (Å²) in [6, 6.07) is 0. The number of rotatable bonds is 4. The minimum absolute atomic E-state index is 0. The van der Waals surface area contributed by atoms with E-state index in [4.69, 9.17) is 0 Å². The third kappa shape index (κ3) is 4.64. The van der Waals surface area contributed by atoms with Crippen molar-refractivity contribution < 1.29 is 19.2 Å². The van der Waals surface area contributed by atoms with Crippen LogP contribution in [0, 0.1) is 11.8 Å². The maximum atomic E-state index is 2.36. The van der Waals surface area contributed by atoms with Gasteiger partial charge in [-0.25, -0.2) is 0 Å². The summed E-state index contributed by atoms with van der Waals surface area (Å²) in [5.41, 5.74) is 3.26. The standard InChI is InChI=1S/2C8H11.2ClH.Ti/c2*1-7(2)8-5-3-4-6-8;;;/h2*3,5,7H,4H2,1-2H3;2*1H;. The van der Waals surface area contributed by atoms with Gasteiger partial charge in [-0.3, -0.25) is 0 Å². The molecule has 106 valence electrons. The summed E-state index contributed by atoms with van der Waals surface area (Å²) in [4.78, 5) is 0. The Hall–Kier alpha value is 0.254. The molecule has 0 aromatic carbocycles. The Bertz CT molecular complexity index is 386. The van der Waals surface area contributed by atoms with E-state index in [0.717, 1.165) is 0 Å². The van der Waals surface area contributed by atoms with Gasteiger partial charge in [0, 0.05) is 0 Å². The average Bonchev–Trinajstić information content (AvgIpc) is 2.86. The molecular weight excluding hydrogens is 311 g/mol. The smallest absolute Gasteiger partial charge is 0.147 e. The Morgan fingerprint density at radius 3 is 1.47 bits per heavy atom. The Morgan fingerprint density at radius 1 is 0.789 bits per heavy atom. The molecule has 0 atom stereocenters. The molecule has 2 aliphatic carbocycles. The molecule has 0 N–H and O–H groups in total. The molecule has 0 amide bonds. The fourth-order valence-corrected chi connectivity index (χ4v) is 5.42. The molecule has 0 aromatic heterocycles. The zero-order valence-electron chi connectivity index (χ0n) is 12.2. The van der Waals surface area contributed by atoms with Crippen LogP contribution in [0.1, 0.15) is 40.5 Å². The second kappa shape index (κ2) is 8.52. The SMILES string of the molecule is CC(C)C1=[C]([Ti][C]2=C(C(C)C)C=CC2)CC=C1.Cl.Cl. The van der Waals surface area contributed by atoms with Crippen molar-refractivity contribution in [2.75, 3.05) is 0 Å². The van der Waals surface area contributed by atoms with Crippen molar-refractivity contribution in [3.05, 3.63) is 43.2 Å². The van der Waals surface area contributed by atoms with Crippen LogP contribution >= 0.6 is 24.8 Å². The number of hydrogen-bond acceptors (Lipinski definition) is 0. The maximum absolute atomic E-state index is 2.36. The van der Waals surface area contributed by atoms with Crippen molar-refractivity contribution in [2.24, 2.45) is 11.8 Å². The number of hydrogen-bond donors (Lipinski definition) is 0. The van der Waals surface area contributed by atoms with Crippen LogP contribution in [0.4, 0.5) is 0 Å².